The van der Waals surface area contributed by atoms with Gasteiger partial charge in [-0.3, -0.25) is 9.20 Å². The van der Waals surface area contributed by atoms with Crippen LogP contribution in [-0.2, 0) is 4.74 Å². The van der Waals surface area contributed by atoms with Crippen LogP contribution in [0.25, 0.3) is 5.52 Å². The van der Waals surface area contributed by atoms with Gasteiger partial charge < -0.3 is 15.4 Å². The molecule has 2 aromatic rings. The second-order valence-electron chi connectivity index (χ2n) is 8.55. The number of halogens is 1. The van der Waals surface area contributed by atoms with E-state index in [1.165, 1.54) is 10.6 Å². The lowest BCUT2D eigenvalue weighted by Gasteiger charge is -2.38. The Balaban J connectivity index is 1.88. The number of aromatic nitrogens is 1. The molecule has 0 bridgehead atoms. The average molecular weight is 416 g/mol. The number of nitrogens with two attached hydrogens (primary N) is 1. The number of hydrogen-bond donors (Lipinski definition) is 1. The molecule has 0 radical (unpaired) electrons. The molecule has 2 aliphatic rings. The van der Waals surface area contributed by atoms with Crippen molar-refractivity contribution in [2.24, 2.45) is 11.7 Å². The van der Waals surface area contributed by atoms with Crippen molar-refractivity contribution in [1.82, 2.24) is 4.40 Å². The van der Waals surface area contributed by atoms with Gasteiger partial charge in [0.05, 0.1) is 24.0 Å². The fourth-order valence-electron chi connectivity index (χ4n) is 4.83. The van der Waals surface area contributed by atoms with Crippen LogP contribution < -0.4 is 16.2 Å². The molecule has 3 heterocycles. The van der Waals surface area contributed by atoms with Crippen molar-refractivity contribution in [3.63, 3.8) is 0 Å². The molecule has 0 aromatic carbocycles. The topological polar surface area (TPSA) is 77.0 Å². The second-order valence-corrected chi connectivity index (χ2v) is 8.55. The summed E-state index contributed by atoms with van der Waals surface area (Å²) in [6, 6.07) is 1.66. The van der Waals surface area contributed by atoms with E-state index in [2.05, 4.69) is 6.92 Å². The SMILES string of the molecule is CCOC(=O)c1cc(C2CC2)c2c(C)c(N3CC[C@H](CC)[C@H](N)C3)c(F)cn2c1=O. The number of esters is 1. The van der Waals surface area contributed by atoms with Crippen LogP contribution in [0.4, 0.5) is 10.1 Å². The summed E-state index contributed by atoms with van der Waals surface area (Å²) in [7, 11) is 0. The number of rotatable bonds is 5. The minimum absolute atomic E-state index is 0.00457. The maximum absolute atomic E-state index is 15.3. The summed E-state index contributed by atoms with van der Waals surface area (Å²) >= 11 is 0. The third kappa shape index (κ3) is 3.49. The van der Waals surface area contributed by atoms with Crippen molar-refractivity contribution < 1.29 is 13.9 Å². The fourth-order valence-corrected chi connectivity index (χ4v) is 4.83. The summed E-state index contributed by atoms with van der Waals surface area (Å²) in [6.45, 7) is 7.21. The van der Waals surface area contributed by atoms with Crippen LogP contribution in [-0.4, -0.2) is 36.1 Å². The maximum atomic E-state index is 15.3. The Morgan fingerprint density at radius 1 is 1.30 bits per heavy atom. The van der Waals surface area contributed by atoms with E-state index in [-0.39, 0.29) is 24.1 Å². The summed E-state index contributed by atoms with van der Waals surface area (Å²) in [4.78, 5) is 27.4. The predicted octanol–water partition coefficient (Wildman–Crippen LogP) is 3.36. The Kier molecular flexibility index (Phi) is 5.57. The van der Waals surface area contributed by atoms with E-state index in [4.69, 9.17) is 10.5 Å². The normalized spacial score (nSPS) is 21.8. The molecule has 2 fully saturated rings. The van der Waals surface area contributed by atoms with E-state index < -0.39 is 17.3 Å². The molecule has 0 amide bonds. The van der Waals surface area contributed by atoms with Gasteiger partial charge in [0.2, 0.25) is 0 Å². The first-order valence-corrected chi connectivity index (χ1v) is 10.9. The zero-order valence-corrected chi connectivity index (χ0v) is 17.9. The third-order valence-corrected chi connectivity index (χ3v) is 6.60. The van der Waals surface area contributed by atoms with Crippen LogP contribution in [0, 0.1) is 18.7 Å². The molecule has 162 valence electrons. The van der Waals surface area contributed by atoms with Gasteiger partial charge in [0.25, 0.3) is 5.56 Å². The molecule has 0 unspecified atom stereocenters. The Hall–Kier alpha value is -2.41. The first kappa shape index (κ1) is 20.8. The number of nitrogens with zero attached hydrogens (tertiary/aromatic N) is 2. The third-order valence-electron chi connectivity index (χ3n) is 6.60. The van der Waals surface area contributed by atoms with Gasteiger partial charge in [-0.2, -0.15) is 0 Å². The van der Waals surface area contributed by atoms with Gasteiger partial charge in [-0.05, 0) is 62.1 Å². The number of hydrogen-bond acceptors (Lipinski definition) is 5. The second kappa shape index (κ2) is 8.02. The number of aryl methyl sites for hydroxylation is 1. The van der Waals surface area contributed by atoms with Gasteiger partial charge in [-0.25, -0.2) is 9.18 Å². The van der Waals surface area contributed by atoms with Crippen LogP contribution in [0.2, 0.25) is 0 Å². The highest BCUT2D eigenvalue weighted by atomic mass is 19.1. The van der Waals surface area contributed by atoms with Gasteiger partial charge in [0.15, 0.2) is 5.82 Å². The predicted molar refractivity (Wildman–Crippen MR) is 115 cm³/mol. The van der Waals surface area contributed by atoms with E-state index >= 15 is 4.39 Å². The molecular weight excluding hydrogens is 385 g/mol. The molecule has 4 rings (SSSR count). The van der Waals surface area contributed by atoms with E-state index in [9.17, 15) is 9.59 Å². The lowest BCUT2D eigenvalue weighted by Crippen LogP contribution is -2.49. The van der Waals surface area contributed by atoms with E-state index in [1.807, 2.05) is 11.8 Å². The highest BCUT2D eigenvalue weighted by Crippen LogP contribution is 2.44. The quantitative estimate of drug-likeness (QED) is 0.758. The summed E-state index contributed by atoms with van der Waals surface area (Å²) in [6.07, 6.45) is 5.16. The van der Waals surface area contributed by atoms with Crippen LogP contribution >= 0.6 is 0 Å². The highest BCUT2D eigenvalue weighted by molar-refractivity contribution is 5.90. The van der Waals surface area contributed by atoms with Gasteiger partial charge >= 0.3 is 5.97 Å². The lowest BCUT2D eigenvalue weighted by atomic mass is 9.89. The fraction of sp³-hybridized carbons (Fsp3) is 0.565. The summed E-state index contributed by atoms with van der Waals surface area (Å²) in [5.74, 6) is -0.402. The van der Waals surface area contributed by atoms with Gasteiger partial charge in [-0.15, -0.1) is 0 Å². The molecule has 6 nitrogen and oxygen atoms in total. The van der Waals surface area contributed by atoms with Crippen molar-refractivity contribution in [1.29, 1.82) is 0 Å². The Morgan fingerprint density at radius 2 is 2.03 bits per heavy atom. The number of anilines is 1. The number of piperidine rings is 1. The van der Waals surface area contributed by atoms with Crippen LogP contribution in [0.5, 0.6) is 0 Å². The first-order valence-electron chi connectivity index (χ1n) is 10.9. The van der Waals surface area contributed by atoms with E-state index in [0.29, 0.717) is 23.7 Å². The molecule has 2 aromatic heterocycles. The van der Waals surface area contributed by atoms with Crippen LogP contribution in [0.1, 0.15) is 66.9 Å². The Morgan fingerprint density at radius 3 is 2.63 bits per heavy atom. The van der Waals surface area contributed by atoms with Crippen LogP contribution in [0.15, 0.2) is 17.1 Å². The summed E-state index contributed by atoms with van der Waals surface area (Å²) < 4.78 is 21.7. The van der Waals surface area contributed by atoms with Crippen molar-refractivity contribution in [3.8, 4) is 0 Å². The minimum Gasteiger partial charge on any atom is -0.462 e. The summed E-state index contributed by atoms with van der Waals surface area (Å²) in [5, 5.41) is 0. The standard InChI is InChI=1S/C23H30FN3O3/c1-4-14-8-9-26(12-19(14)25)21-13(3)20-16(15-6-7-15)10-17(23(29)30-5-2)22(28)27(20)11-18(21)24/h10-11,14-15,19H,4-9,12,25H2,1-3H3/t14-,19+/m0/s1. The molecule has 1 aliphatic heterocycles. The smallest absolute Gasteiger partial charge is 0.343 e. The van der Waals surface area contributed by atoms with Crippen molar-refractivity contribution in [2.75, 3.05) is 24.6 Å². The van der Waals surface area contributed by atoms with Crippen molar-refractivity contribution in [2.45, 2.75) is 58.4 Å². The number of pyridine rings is 2. The number of ether oxygens (including phenoxy) is 1. The monoisotopic (exact) mass is 415 g/mol. The van der Waals surface area contributed by atoms with E-state index in [0.717, 1.165) is 43.4 Å². The minimum atomic E-state index is -0.659. The lowest BCUT2D eigenvalue weighted by molar-refractivity contribution is 0.0524. The van der Waals surface area contributed by atoms with Crippen molar-refractivity contribution >= 4 is 17.2 Å². The molecule has 30 heavy (non-hydrogen) atoms. The van der Waals surface area contributed by atoms with Gasteiger partial charge in [0.1, 0.15) is 5.56 Å². The molecule has 1 saturated heterocycles. The summed E-state index contributed by atoms with van der Waals surface area (Å²) in [5.41, 5.74) is 8.65. The molecule has 2 atom stereocenters. The zero-order chi connectivity index (χ0) is 21.6. The molecule has 7 heteroatoms. The Labute approximate surface area is 175 Å². The molecule has 1 saturated carbocycles. The largest absolute Gasteiger partial charge is 0.462 e. The molecule has 2 N–H and O–H groups in total. The number of fused-ring (bicyclic) bond motifs is 1. The molecule has 0 spiro atoms. The van der Waals surface area contributed by atoms with Crippen molar-refractivity contribution in [3.05, 3.63) is 45.1 Å². The average Bonchev–Trinajstić information content (AvgIpc) is 3.54. The van der Waals surface area contributed by atoms with Crippen LogP contribution in [0.3, 0.4) is 0 Å². The molecular formula is C23H30FN3O3. The number of carbonyl (C=O) groups is 1. The zero-order valence-electron chi connectivity index (χ0n) is 17.9. The first-order chi connectivity index (χ1) is 14.4. The Bertz CT molecular complexity index is 1040. The van der Waals surface area contributed by atoms with Gasteiger partial charge in [-0.1, -0.05) is 13.3 Å². The maximum Gasteiger partial charge on any atom is 0.343 e. The number of carbonyl (C=O) groups excluding carboxylic acids is 1. The highest BCUT2D eigenvalue weighted by Gasteiger charge is 2.32. The molecule has 1 aliphatic carbocycles. The van der Waals surface area contributed by atoms with E-state index in [1.54, 1.807) is 13.0 Å². The van der Waals surface area contributed by atoms with Gasteiger partial charge in [0, 0.05) is 19.1 Å².